The first-order valence-electron chi connectivity index (χ1n) is 10.9. The quantitative estimate of drug-likeness (QED) is 0.533. The lowest BCUT2D eigenvalue weighted by Crippen LogP contribution is -2.49. The van der Waals surface area contributed by atoms with Crippen molar-refractivity contribution in [2.24, 2.45) is 11.8 Å². The molecular formula is C28H29NO2. The summed E-state index contributed by atoms with van der Waals surface area (Å²) in [6.07, 6.45) is 0. The Morgan fingerprint density at radius 2 is 1.19 bits per heavy atom. The van der Waals surface area contributed by atoms with Crippen molar-refractivity contribution in [1.82, 2.24) is 4.90 Å². The number of hydrogen-bond donors (Lipinski definition) is 0. The number of carbonyl (C=O) groups is 2. The highest BCUT2D eigenvalue weighted by atomic mass is 16.1. The molecule has 1 aliphatic heterocycles. The van der Waals surface area contributed by atoms with Crippen LogP contribution in [0.5, 0.6) is 0 Å². The maximum atomic E-state index is 13.7. The molecule has 3 nitrogen and oxygen atoms in total. The molecule has 0 radical (unpaired) electrons. The fourth-order valence-electron chi connectivity index (χ4n) is 4.95. The molecule has 3 aromatic carbocycles. The van der Waals surface area contributed by atoms with E-state index in [-0.39, 0.29) is 29.3 Å². The predicted octanol–water partition coefficient (Wildman–Crippen LogP) is 5.33. The van der Waals surface area contributed by atoms with Gasteiger partial charge in [-0.25, -0.2) is 0 Å². The Bertz CT molecular complexity index is 1010. The van der Waals surface area contributed by atoms with Gasteiger partial charge in [-0.15, -0.1) is 0 Å². The van der Waals surface area contributed by atoms with Crippen molar-refractivity contribution in [2.45, 2.75) is 19.8 Å². The molecule has 4 rings (SSSR count). The summed E-state index contributed by atoms with van der Waals surface area (Å²) < 4.78 is 0. The molecule has 0 aliphatic carbocycles. The zero-order chi connectivity index (χ0) is 22.0. The van der Waals surface area contributed by atoms with Crippen molar-refractivity contribution in [3.05, 3.63) is 107 Å². The molecule has 1 heterocycles. The molecule has 0 aromatic heterocycles. The van der Waals surface area contributed by atoms with E-state index >= 15 is 0 Å². The number of nitrogens with zero attached hydrogens (tertiary/aromatic N) is 1. The Morgan fingerprint density at radius 3 is 1.68 bits per heavy atom. The summed E-state index contributed by atoms with van der Waals surface area (Å²) in [6.45, 7) is 5.49. The number of carbonyl (C=O) groups excluding carboxylic acids is 2. The van der Waals surface area contributed by atoms with Crippen LogP contribution in [0.15, 0.2) is 78.9 Å². The number of benzene rings is 3. The fraction of sp³-hybridized carbons (Fsp3) is 0.286. The normalized spacial score (nSPS) is 19.8. The zero-order valence-corrected chi connectivity index (χ0v) is 18.4. The van der Waals surface area contributed by atoms with Gasteiger partial charge in [-0.1, -0.05) is 78.9 Å². The van der Waals surface area contributed by atoms with E-state index in [1.54, 1.807) is 0 Å². The molecule has 1 saturated heterocycles. The van der Waals surface area contributed by atoms with E-state index in [9.17, 15) is 9.59 Å². The minimum Gasteiger partial charge on any atom is -0.305 e. The number of hydrogen-bond acceptors (Lipinski definition) is 3. The van der Waals surface area contributed by atoms with Crippen LogP contribution in [-0.2, 0) is 0 Å². The molecule has 0 spiro atoms. The first-order valence-corrected chi connectivity index (χ1v) is 10.9. The van der Waals surface area contributed by atoms with Crippen LogP contribution in [0.2, 0.25) is 0 Å². The molecule has 1 fully saturated rings. The molecule has 158 valence electrons. The highest BCUT2D eigenvalue weighted by molar-refractivity contribution is 6.02. The first-order chi connectivity index (χ1) is 15.0. The lowest BCUT2D eigenvalue weighted by atomic mass is 9.67. The summed E-state index contributed by atoms with van der Waals surface area (Å²) in [5.74, 6) is -0.483. The minimum absolute atomic E-state index is 0.115. The number of likely N-dealkylation sites (tertiary alicyclic amines) is 1. The summed E-state index contributed by atoms with van der Waals surface area (Å²) in [5, 5.41) is 0. The summed E-state index contributed by atoms with van der Waals surface area (Å²) in [6, 6.07) is 25.2. The third-order valence-electron chi connectivity index (χ3n) is 6.68. The molecule has 0 saturated carbocycles. The number of Topliss-reactive ketones (excluding diaryl/α,β-unsaturated/α-hetero) is 2. The van der Waals surface area contributed by atoms with Crippen molar-refractivity contribution in [2.75, 3.05) is 20.1 Å². The van der Waals surface area contributed by atoms with E-state index in [0.717, 1.165) is 5.56 Å². The van der Waals surface area contributed by atoms with Crippen molar-refractivity contribution in [1.29, 1.82) is 0 Å². The third kappa shape index (κ3) is 4.24. The first kappa shape index (κ1) is 21.2. The van der Waals surface area contributed by atoms with Crippen molar-refractivity contribution >= 4 is 11.6 Å². The highest BCUT2D eigenvalue weighted by Crippen LogP contribution is 2.42. The second kappa shape index (κ2) is 8.99. The fourth-order valence-corrected chi connectivity index (χ4v) is 4.95. The van der Waals surface area contributed by atoms with Crippen LogP contribution in [0.4, 0.5) is 0 Å². The van der Waals surface area contributed by atoms with E-state index < -0.39 is 0 Å². The van der Waals surface area contributed by atoms with Gasteiger partial charge in [0.15, 0.2) is 11.6 Å². The Hall–Kier alpha value is -3.04. The Morgan fingerprint density at radius 1 is 0.710 bits per heavy atom. The molecule has 0 amide bonds. The van der Waals surface area contributed by atoms with E-state index in [0.29, 0.717) is 24.2 Å². The van der Waals surface area contributed by atoms with Gasteiger partial charge in [0, 0.05) is 42.0 Å². The molecule has 0 bridgehead atoms. The lowest BCUT2D eigenvalue weighted by molar-refractivity contribution is 0.0623. The van der Waals surface area contributed by atoms with E-state index in [2.05, 4.69) is 30.9 Å². The van der Waals surface area contributed by atoms with Crippen molar-refractivity contribution < 1.29 is 9.59 Å². The molecule has 3 aromatic rings. The molecule has 3 heteroatoms. The van der Waals surface area contributed by atoms with Gasteiger partial charge in [0.25, 0.3) is 0 Å². The highest BCUT2D eigenvalue weighted by Gasteiger charge is 2.44. The van der Waals surface area contributed by atoms with Gasteiger partial charge in [0.1, 0.15) is 0 Å². The smallest absolute Gasteiger partial charge is 0.167 e. The largest absolute Gasteiger partial charge is 0.305 e. The third-order valence-corrected chi connectivity index (χ3v) is 6.68. The standard InChI is InChI=1S/C28H29NO2/c1-19-11-10-16-23(20(19)2)26-24(27(30)21-12-6-4-7-13-21)17-29(3)18-25(26)28(31)22-14-8-5-9-15-22/h4-16,24-26H,17-18H2,1-3H3/t24-,25-/m0/s1. The minimum atomic E-state index is -0.278. The van der Waals surface area contributed by atoms with E-state index in [4.69, 9.17) is 0 Å². The molecule has 0 N–H and O–H groups in total. The van der Waals surface area contributed by atoms with Gasteiger partial charge in [-0.2, -0.15) is 0 Å². The molecular weight excluding hydrogens is 382 g/mol. The second-order valence-corrected chi connectivity index (χ2v) is 8.71. The van der Waals surface area contributed by atoms with E-state index in [1.165, 1.54) is 11.1 Å². The Balaban J connectivity index is 1.83. The number of piperidine rings is 1. The van der Waals surface area contributed by atoms with Crippen LogP contribution < -0.4 is 0 Å². The molecule has 2 atom stereocenters. The average Bonchev–Trinajstić information content (AvgIpc) is 2.81. The van der Waals surface area contributed by atoms with Crippen LogP contribution >= 0.6 is 0 Å². The zero-order valence-electron chi connectivity index (χ0n) is 18.4. The van der Waals surface area contributed by atoms with Crippen LogP contribution in [-0.4, -0.2) is 36.6 Å². The van der Waals surface area contributed by atoms with Crippen molar-refractivity contribution in [3.8, 4) is 0 Å². The topological polar surface area (TPSA) is 37.4 Å². The number of ketones is 2. The summed E-state index contributed by atoms with van der Waals surface area (Å²) in [4.78, 5) is 29.5. The lowest BCUT2D eigenvalue weighted by Gasteiger charge is -2.42. The maximum Gasteiger partial charge on any atom is 0.167 e. The Kier molecular flexibility index (Phi) is 6.15. The van der Waals surface area contributed by atoms with Gasteiger partial charge in [-0.3, -0.25) is 9.59 Å². The molecule has 1 aliphatic rings. The molecule has 31 heavy (non-hydrogen) atoms. The van der Waals surface area contributed by atoms with Gasteiger partial charge in [0.2, 0.25) is 0 Å². The van der Waals surface area contributed by atoms with Crippen LogP contribution in [0.1, 0.15) is 43.3 Å². The molecule has 0 unspecified atom stereocenters. The van der Waals surface area contributed by atoms with Crippen LogP contribution in [0.25, 0.3) is 0 Å². The summed E-state index contributed by atoms with van der Waals surface area (Å²) >= 11 is 0. The second-order valence-electron chi connectivity index (χ2n) is 8.71. The Labute approximate surface area is 184 Å². The van der Waals surface area contributed by atoms with Crippen LogP contribution in [0, 0.1) is 25.7 Å². The van der Waals surface area contributed by atoms with Crippen LogP contribution in [0.3, 0.4) is 0 Å². The van der Waals surface area contributed by atoms with E-state index in [1.807, 2.05) is 73.8 Å². The average molecular weight is 412 g/mol. The van der Waals surface area contributed by atoms with Crippen molar-refractivity contribution in [3.63, 3.8) is 0 Å². The number of rotatable bonds is 5. The monoisotopic (exact) mass is 411 g/mol. The SMILES string of the molecule is Cc1cccc(C2[C@@H](C(=O)c3ccccc3)CN(C)C[C@@H]2C(=O)c2ccccc2)c1C. The van der Waals surface area contributed by atoms with Gasteiger partial charge in [0.05, 0.1) is 0 Å². The summed E-state index contributed by atoms with van der Waals surface area (Å²) in [7, 11) is 2.01. The summed E-state index contributed by atoms with van der Waals surface area (Å²) in [5.41, 5.74) is 4.91. The van der Waals surface area contributed by atoms with Gasteiger partial charge < -0.3 is 4.90 Å². The number of aryl methyl sites for hydroxylation is 1. The van der Waals surface area contributed by atoms with Gasteiger partial charge in [-0.05, 0) is 37.6 Å². The maximum absolute atomic E-state index is 13.7. The predicted molar refractivity (Wildman–Crippen MR) is 125 cm³/mol. The van der Waals surface area contributed by atoms with Gasteiger partial charge >= 0.3 is 0 Å².